The maximum Gasteiger partial charge on any atom is 0.354 e. The Morgan fingerprint density at radius 2 is 2.07 bits per heavy atom. The Balaban J connectivity index is 2.09. The lowest BCUT2D eigenvalue weighted by atomic mass is 9.99. The van der Waals surface area contributed by atoms with Crippen molar-refractivity contribution in [2.75, 3.05) is 0 Å². The van der Waals surface area contributed by atoms with Gasteiger partial charge < -0.3 is 10.0 Å². The van der Waals surface area contributed by atoms with Crippen molar-refractivity contribution < 1.29 is 14.3 Å². The van der Waals surface area contributed by atoms with Crippen LogP contribution < -0.4 is 0 Å². The Morgan fingerprint density at radius 1 is 1.33 bits per heavy atom. The molecule has 1 aromatic heterocycles. The number of hydrogen-bond donors (Lipinski definition) is 1. The SMILES string of the molecule is CC1=C(C(=O)O)N(Cc2cc(C)ccc2Cl)[C@@H](C)C(c2cccnc2F)=N1. The van der Waals surface area contributed by atoms with Crippen LogP contribution in [0, 0.1) is 12.9 Å². The molecule has 0 bridgehead atoms. The van der Waals surface area contributed by atoms with Crippen molar-refractivity contribution in [1.29, 1.82) is 0 Å². The molecular formula is C20H19ClFN3O2. The van der Waals surface area contributed by atoms with Crippen LogP contribution in [0.25, 0.3) is 0 Å². The highest BCUT2D eigenvalue weighted by Crippen LogP contribution is 2.29. The molecule has 0 saturated heterocycles. The molecule has 140 valence electrons. The lowest BCUT2D eigenvalue weighted by molar-refractivity contribution is -0.134. The molecule has 5 nitrogen and oxygen atoms in total. The highest BCUT2D eigenvalue weighted by atomic mass is 35.5. The monoisotopic (exact) mass is 387 g/mol. The number of aromatic nitrogens is 1. The summed E-state index contributed by atoms with van der Waals surface area (Å²) in [6.45, 7) is 5.61. The number of allylic oxidation sites excluding steroid dienone is 1. The van der Waals surface area contributed by atoms with E-state index in [2.05, 4.69) is 9.98 Å². The van der Waals surface area contributed by atoms with Gasteiger partial charge in [-0.2, -0.15) is 4.39 Å². The van der Waals surface area contributed by atoms with Gasteiger partial charge in [0.15, 0.2) is 0 Å². The fourth-order valence-corrected chi connectivity index (χ4v) is 3.42. The number of carboxylic acids is 1. The van der Waals surface area contributed by atoms with Gasteiger partial charge in [-0.1, -0.05) is 29.3 Å². The summed E-state index contributed by atoms with van der Waals surface area (Å²) in [6.07, 6.45) is 1.36. The second-order valence-corrected chi connectivity index (χ2v) is 6.88. The van der Waals surface area contributed by atoms with E-state index in [-0.39, 0.29) is 17.8 Å². The first kappa shape index (κ1) is 19.0. The van der Waals surface area contributed by atoms with E-state index in [9.17, 15) is 14.3 Å². The molecule has 27 heavy (non-hydrogen) atoms. The third-order valence-corrected chi connectivity index (χ3v) is 4.93. The molecule has 0 spiro atoms. The maximum absolute atomic E-state index is 14.2. The largest absolute Gasteiger partial charge is 0.477 e. The van der Waals surface area contributed by atoms with Crippen molar-refractivity contribution in [2.24, 2.45) is 4.99 Å². The second kappa shape index (κ2) is 7.48. The van der Waals surface area contributed by atoms with Gasteiger partial charge in [-0.3, -0.25) is 4.99 Å². The summed E-state index contributed by atoms with van der Waals surface area (Å²) < 4.78 is 14.2. The van der Waals surface area contributed by atoms with Crippen molar-refractivity contribution in [3.05, 3.63) is 75.6 Å². The maximum atomic E-state index is 14.2. The molecule has 0 unspecified atom stereocenters. The summed E-state index contributed by atoms with van der Waals surface area (Å²) in [5.41, 5.74) is 2.89. The van der Waals surface area contributed by atoms with Crippen molar-refractivity contribution in [3.8, 4) is 0 Å². The predicted octanol–water partition coefficient (Wildman–Crippen LogP) is 4.19. The number of aryl methyl sites for hydroxylation is 1. The number of carbonyl (C=O) groups is 1. The van der Waals surface area contributed by atoms with E-state index in [1.54, 1.807) is 36.9 Å². The zero-order valence-electron chi connectivity index (χ0n) is 15.2. The van der Waals surface area contributed by atoms with E-state index >= 15 is 0 Å². The van der Waals surface area contributed by atoms with Crippen molar-refractivity contribution in [1.82, 2.24) is 9.88 Å². The summed E-state index contributed by atoms with van der Waals surface area (Å²) in [5.74, 6) is -1.72. The summed E-state index contributed by atoms with van der Waals surface area (Å²) in [5, 5.41) is 10.3. The fraction of sp³-hybridized carbons (Fsp3) is 0.250. The lowest BCUT2D eigenvalue weighted by Crippen LogP contribution is -2.44. The molecule has 3 rings (SSSR count). The summed E-state index contributed by atoms with van der Waals surface area (Å²) >= 11 is 6.32. The van der Waals surface area contributed by atoms with Crippen LogP contribution in [0.5, 0.6) is 0 Å². The Kier molecular flexibility index (Phi) is 5.28. The second-order valence-electron chi connectivity index (χ2n) is 6.48. The first-order chi connectivity index (χ1) is 12.8. The molecule has 2 heterocycles. The number of nitrogens with zero attached hydrogens (tertiary/aromatic N) is 3. The normalized spacial score (nSPS) is 17.1. The molecule has 0 amide bonds. The minimum atomic E-state index is -1.09. The van der Waals surface area contributed by atoms with E-state index in [0.717, 1.165) is 11.1 Å². The number of benzene rings is 1. The van der Waals surface area contributed by atoms with Gasteiger partial charge in [-0.15, -0.1) is 0 Å². The van der Waals surface area contributed by atoms with Crippen LogP contribution in [0.15, 0.2) is 52.9 Å². The number of hydrogen-bond acceptors (Lipinski definition) is 4. The van der Waals surface area contributed by atoms with Gasteiger partial charge >= 0.3 is 5.97 Å². The van der Waals surface area contributed by atoms with E-state index in [1.165, 1.54) is 6.20 Å². The standard InChI is InChI=1S/C20H19ClFN3O2/c1-11-6-7-16(21)14(9-11)10-25-13(3)17(15-5-4-8-23-19(15)22)24-12(2)18(25)20(26)27/h4-9,13H,10H2,1-3H3,(H,26,27)/t13-/m0/s1. The first-order valence-electron chi connectivity index (χ1n) is 8.45. The quantitative estimate of drug-likeness (QED) is 0.799. The van der Waals surface area contributed by atoms with Crippen LogP contribution in [0.2, 0.25) is 5.02 Å². The third kappa shape index (κ3) is 3.71. The van der Waals surface area contributed by atoms with Crippen molar-refractivity contribution in [2.45, 2.75) is 33.4 Å². The van der Waals surface area contributed by atoms with Crippen molar-refractivity contribution >= 4 is 23.3 Å². The fourth-order valence-electron chi connectivity index (χ4n) is 3.24. The number of rotatable bonds is 4. The summed E-state index contributed by atoms with van der Waals surface area (Å²) in [6, 6.07) is 8.33. The van der Waals surface area contributed by atoms with E-state index in [1.807, 2.05) is 19.1 Å². The van der Waals surface area contributed by atoms with Crippen LogP contribution in [0.3, 0.4) is 0 Å². The van der Waals surface area contributed by atoms with Gasteiger partial charge in [-0.25, -0.2) is 9.78 Å². The predicted molar refractivity (Wildman–Crippen MR) is 102 cm³/mol. The van der Waals surface area contributed by atoms with Gasteiger partial charge in [0.2, 0.25) is 5.95 Å². The molecule has 1 aliphatic rings. The van der Waals surface area contributed by atoms with E-state index in [4.69, 9.17) is 11.6 Å². The minimum absolute atomic E-state index is 0.0770. The lowest BCUT2D eigenvalue weighted by Gasteiger charge is -2.36. The number of aliphatic imine (C=N–C) groups is 1. The van der Waals surface area contributed by atoms with Gasteiger partial charge in [0, 0.05) is 17.8 Å². The molecule has 1 atom stereocenters. The Labute approximate surface area is 161 Å². The van der Waals surface area contributed by atoms with E-state index in [0.29, 0.717) is 16.4 Å². The third-order valence-electron chi connectivity index (χ3n) is 4.56. The molecule has 0 radical (unpaired) electrons. The van der Waals surface area contributed by atoms with Gasteiger partial charge in [-0.05, 0) is 44.5 Å². The smallest absolute Gasteiger partial charge is 0.354 e. The molecule has 1 aliphatic heterocycles. The number of halogens is 2. The molecular weight excluding hydrogens is 369 g/mol. The zero-order chi connectivity index (χ0) is 19.7. The molecule has 0 saturated carbocycles. The molecule has 2 aromatic rings. The Morgan fingerprint density at radius 3 is 2.74 bits per heavy atom. The average Bonchev–Trinajstić information content (AvgIpc) is 2.61. The average molecular weight is 388 g/mol. The zero-order valence-corrected chi connectivity index (χ0v) is 16.0. The topological polar surface area (TPSA) is 65.8 Å². The van der Waals surface area contributed by atoms with Gasteiger partial charge in [0.25, 0.3) is 0 Å². The van der Waals surface area contributed by atoms with Crippen LogP contribution >= 0.6 is 11.6 Å². The van der Waals surface area contributed by atoms with Crippen LogP contribution in [-0.2, 0) is 11.3 Å². The van der Waals surface area contributed by atoms with Crippen molar-refractivity contribution in [3.63, 3.8) is 0 Å². The number of aliphatic carboxylic acids is 1. The van der Waals surface area contributed by atoms with Crippen LogP contribution in [-0.4, -0.2) is 32.7 Å². The van der Waals surface area contributed by atoms with Crippen LogP contribution in [0.1, 0.15) is 30.5 Å². The van der Waals surface area contributed by atoms with Gasteiger partial charge in [0.05, 0.1) is 23.0 Å². The molecule has 1 aromatic carbocycles. The van der Waals surface area contributed by atoms with Gasteiger partial charge in [0.1, 0.15) is 5.70 Å². The Bertz CT molecular complexity index is 971. The molecule has 0 aliphatic carbocycles. The molecule has 0 fully saturated rings. The number of carboxylic acid groups (broad SMARTS) is 1. The van der Waals surface area contributed by atoms with E-state index < -0.39 is 18.0 Å². The molecule has 1 N–H and O–H groups in total. The first-order valence-corrected chi connectivity index (χ1v) is 8.82. The number of pyridine rings is 1. The summed E-state index contributed by atoms with van der Waals surface area (Å²) in [7, 11) is 0. The summed E-state index contributed by atoms with van der Waals surface area (Å²) in [4.78, 5) is 21.6. The highest BCUT2D eigenvalue weighted by molar-refractivity contribution is 6.31. The van der Waals surface area contributed by atoms with Crippen LogP contribution in [0.4, 0.5) is 4.39 Å². The molecule has 7 heteroatoms. The highest BCUT2D eigenvalue weighted by Gasteiger charge is 2.33. The minimum Gasteiger partial charge on any atom is -0.477 e. The Hall–Kier alpha value is -2.73.